The van der Waals surface area contributed by atoms with E-state index in [1.165, 1.54) is 0 Å². The lowest BCUT2D eigenvalue weighted by Gasteiger charge is -2.23. The van der Waals surface area contributed by atoms with E-state index in [1.807, 2.05) is 32.0 Å². The van der Waals surface area contributed by atoms with Gasteiger partial charge in [0.1, 0.15) is 17.5 Å². The number of nitrogens with one attached hydrogen (secondary N) is 4. The number of carbonyl (C=O) groups is 3. The molecule has 1 fully saturated rings. The molecule has 1 aromatic carbocycles. The summed E-state index contributed by atoms with van der Waals surface area (Å²) in [6.45, 7) is 4.57. The van der Waals surface area contributed by atoms with E-state index in [9.17, 15) is 14.4 Å². The standard InChI is InChI=1S/C24H30N4O4/c1-5-16(12-15-9-10-25-22(15)29)26-23(30)19(11-14(2)3)28-24(31)20-13-17-18(27-20)7-6-8-21(17)32-4/h1,6-8,13-16,19,27H,9-12H2,2-4H3,(H,25,29)(H,26,30)(H,28,31)/t15-,16+,19-/m0/s1. The molecule has 1 aliphatic rings. The van der Waals surface area contributed by atoms with Crippen LogP contribution in [0.25, 0.3) is 10.9 Å². The average Bonchev–Trinajstić information content (AvgIpc) is 3.38. The summed E-state index contributed by atoms with van der Waals surface area (Å²) < 4.78 is 5.35. The number of H-pyrrole nitrogens is 1. The van der Waals surface area contributed by atoms with Gasteiger partial charge < -0.3 is 25.7 Å². The van der Waals surface area contributed by atoms with Gasteiger partial charge in [-0.2, -0.15) is 0 Å². The molecule has 2 heterocycles. The number of amides is 3. The zero-order chi connectivity index (χ0) is 23.3. The molecular weight excluding hydrogens is 408 g/mol. The van der Waals surface area contributed by atoms with Crippen molar-refractivity contribution in [2.24, 2.45) is 11.8 Å². The maximum absolute atomic E-state index is 13.0. The summed E-state index contributed by atoms with van der Waals surface area (Å²) >= 11 is 0. The quantitative estimate of drug-likeness (QED) is 0.449. The molecule has 4 N–H and O–H groups in total. The van der Waals surface area contributed by atoms with Gasteiger partial charge in [-0.1, -0.05) is 25.8 Å². The van der Waals surface area contributed by atoms with Crippen LogP contribution in [0.15, 0.2) is 24.3 Å². The number of aromatic nitrogens is 1. The van der Waals surface area contributed by atoms with E-state index in [0.717, 1.165) is 10.9 Å². The van der Waals surface area contributed by atoms with Gasteiger partial charge in [0.25, 0.3) is 5.91 Å². The van der Waals surface area contributed by atoms with Crippen LogP contribution in [0.5, 0.6) is 5.75 Å². The zero-order valence-electron chi connectivity index (χ0n) is 18.7. The molecule has 1 aromatic heterocycles. The Morgan fingerprint density at radius 1 is 1.31 bits per heavy atom. The topological polar surface area (TPSA) is 112 Å². The number of rotatable bonds is 9. The molecule has 0 unspecified atom stereocenters. The lowest BCUT2D eigenvalue weighted by Crippen LogP contribution is -2.50. The van der Waals surface area contributed by atoms with Crippen molar-refractivity contribution in [2.75, 3.05) is 13.7 Å². The number of aromatic amines is 1. The second-order valence-corrected chi connectivity index (χ2v) is 8.50. The summed E-state index contributed by atoms with van der Waals surface area (Å²) in [5, 5.41) is 9.20. The summed E-state index contributed by atoms with van der Waals surface area (Å²) in [7, 11) is 1.57. The van der Waals surface area contributed by atoms with Crippen LogP contribution in [0.2, 0.25) is 0 Å². The van der Waals surface area contributed by atoms with Crippen molar-refractivity contribution < 1.29 is 19.1 Å². The van der Waals surface area contributed by atoms with E-state index in [2.05, 4.69) is 26.9 Å². The van der Waals surface area contributed by atoms with Crippen molar-refractivity contribution >= 4 is 28.6 Å². The Kier molecular flexibility index (Phi) is 7.41. The van der Waals surface area contributed by atoms with Gasteiger partial charge in [-0.3, -0.25) is 14.4 Å². The number of hydrogen-bond donors (Lipinski definition) is 4. The largest absolute Gasteiger partial charge is 0.496 e. The van der Waals surface area contributed by atoms with Crippen LogP contribution < -0.4 is 20.7 Å². The first-order valence-corrected chi connectivity index (χ1v) is 10.8. The summed E-state index contributed by atoms with van der Waals surface area (Å²) in [4.78, 5) is 40.8. The number of hydrogen-bond acceptors (Lipinski definition) is 4. The van der Waals surface area contributed by atoms with Crippen molar-refractivity contribution in [1.29, 1.82) is 0 Å². The van der Waals surface area contributed by atoms with Gasteiger partial charge >= 0.3 is 0 Å². The molecule has 0 bridgehead atoms. The van der Waals surface area contributed by atoms with Crippen molar-refractivity contribution in [2.45, 2.75) is 45.2 Å². The van der Waals surface area contributed by atoms with Gasteiger partial charge in [-0.15, -0.1) is 6.42 Å². The zero-order valence-corrected chi connectivity index (χ0v) is 18.7. The molecule has 0 saturated carbocycles. The van der Waals surface area contributed by atoms with Gasteiger partial charge in [0, 0.05) is 23.4 Å². The molecule has 8 nitrogen and oxygen atoms in total. The van der Waals surface area contributed by atoms with Crippen LogP contribution in [-0.4, -0.2) is 48.4 Å². The third-order valence-electron chi connectivity index (χ3n) is 5.62. The second kappa shape index (κ2) is 10.2. The molecule has 0 spiro atoms. The van der Waals surface area contributed by atoms with Crippen molar-refractivity contribution in [3.63, 3.8) is 0 Å². The molecule has 32 heavy (non-hydrogen) atoms. The van der Waals surface area contributed by atoms with Gasteiger partial charge in [-0.25, -0.2) is 0 Å². The molecular formula is C24H30N4O4. The van der Waals surface area contributed by atoms with E-state index < -0.39 is 18.0 Å². The van der Waals surface area contributed by atoms with E-state index in [-0.39, 0.29) is 23.7 Å². The summed E-state index contributed by atoms with van der Waals surface area (Å²) in [5.41, 5.74) is 1.10. The van der Waals surface area contributed by atoms with Crippen molar-refractivity contribution in [3.05, 3.63) is 30.0 Å². The molecule has 170 valence electrons. The van der Waals surface area contributed by atoms with Crippen LogP contribution in [-0.2, 0) is 9.59 Å². The average molecular weight is 439 g/mol. The highest BCUT2D eigenvalue weighted by Gasteiger charge is 2.29. The van der Waals surface area contributed by atoms with E-state index in [0.29, 0.717) is 37.3 Å². The third kappa shape index (κ3) is 5.41. The lowest BCUT2D eigenvalue weighted by molar-refractivity contribution is -0.125. The molecule has 3 amide bonds. The fourth-order valence-electron chi connectivity index (χ4n) is 3.96. The highest BCUT2D eigenvalue weighted by atomic mass is 16.5. The second-order valence-electron chi connectivity index (χ2n) is 8.50. The molecule has 1 saturated heterocycles. The van der Waals surface area contributed by atoms with Gasteiger partial charge in [0.15, 0.2) is 0 Å². The minimum absolute atomic E-state index is 0.0410. The minimum atomic E-state index is -0.760. The van der Waals surface area contributed by atoms with Crippen molar-refractivity contribution in [1.82, 2.24) is 20.9 Å². The normalized spacial score (nSPS) is 17.5. The fraction of sp³-hybridized carbons (Fsp3) is 0.458. The smallest absolute Gasteiger partial charge is 0.268 e. The Hall–Kier alpha value is -3.47. The number of methoxy groups -OCH3 is 1. The van der Waals surface area contributed by atoms with E-state index >= 15 is 0 Å². The third-order valence-corrected chi connectivity index (χ3v) is 5.62. The Balaban J connectivity index is 1.71. The first-order valence-electron chi connectivity index (χ1n) is 10.8. The fourth-order valence-corrected chi connectivity index (χ4v) is 3.96. The monoisotopic (exact) mass is 438 g/mol. The Bertz CT molecular complexity index is 1040. The van der Waals surface area contributed by atoms with Crippen LogP contribution in [0.1, 0.15) is 43.6 Å². The number of terminal acetylenes is 1. The Morgan fingerprint density at radius 2 is 2.09 bits per heavy atom. The number of ether oxygens (including phenoxy) is 1. The van der Waals surface area contributed by atoms with Crippen LogP contribution in [0.4, 0.5) is 0 Å². The molecule has 3 rings (SSSR count). The van der Waals surface area contributed by atoms with E-state index in [4.69, 9.17) is 11.2 Å². The predicted molar refractivity (Wildman–Crippen MR) is 122 cm³/mol. The van der Waals surface area contributed by atoms with Gasteiger partial charge in [0.2, 0.25) is 11.8 Å². The first-order chi connectivity index (χ1) is 15.3. The lowest BCUT2D eigenvalue weighted by atomic mass is 9.97. The highest BCUT2D eigenvalue weighted by Crippen LogP contribution is 2.26. The van der Waals surface area contributed by atoms with Crippen LogP contribution in [0, 0.1) is 24.2 Å². The molecule has 8 heteroatoms. The van der Waals surface area contributed by atoms with Gasteiger partial charge in [0.05, 0.1) is 13.2 Å². The Morgan fingerprint density at radius 3 is 2.72 bits per heavy atom. The number of fused-ring (bicyclic) bond motifs is 1. The molecule has 2 aromatic rings. The predicted octanol–water partition coefficient (Wildman–Crippen LogP) is 1.97. The molecule has 0 radical (unpaired) electrons. The Labute approximate surface area is 187 Å². The molecule has 3 atom stereocenters. The SMILES string of the molecule is C#C[C@H](C[C@@H]1CCNC1=O)NC(=O)[C@H](CC(C)C)NC(=O)c1cc2c(OC)cccc2[nH]1. The van der Waals surface area contributed by atoms with Crippen LogP contribution in [0.3, 0.4) is 0 Å². The molecule has 1 aliphatic heterocycles. The van der Waals surface area contributed by atoms with Gasteiger partial charge in [-0.05, 0) is 43.4 Å². The van der Waals surface area contributed by atoms with E-state index in [1.54, 1.807) is 13.2 Å². The summed E-state index contributed by atoms with van der Waals surface area (Å²) in [6.07, 6.45) is 7.13. The highest BCUT2D eigenvalue weighted by molar-refractivity contribution is 6.01. The minimum Gasteiger partial charge on any atom is -0.496 e. The van der Waals surface area contributed by atoms with Crippen molar-refractivity contribution in [3.8, 4) is 18.1 Å². The number of benzene rings is 1. The maximum atomic E-state index is 13.0. The number of carbonyl (C=O) groups excluding carboxylic acids is 3. The summed E-state index contributed by atoms with van der Waals surface area (Å²) in [5.74, 6) is 2.38. The summed E-state index contributed by atoms with van der Waals surface area (Å²) in [6, 6.07) is 5.86. The van der Waals surface area contributed by atoms with Crippen LogP contribution >= 0.6 is 0 Å². The maximum Gasteiger partial charge on any atom is 0.268 e. The molecule has 0 aliphatic carbocycles. The first kappa shape index (κ1) is 23.2.